The van der Waals surface area contributed by atoms with Gasteiger partial charge >= 0.3 is 0 Å². The third-order valence-electron chi connectivity index (χ3n) is 3.35. The molecule has 0 atom stereocenters. The number of nitro benzene ring substituents is 1. The average Bonchev–Trinajstić information content (AvgIpc) is 2.84. The van der Waals surface area contributed by atoms with Crippen LogP contribution in [0.15, 0.2) is 24.3 Å². The van der Waals surface area contributed by atoms with Crippen molar-refractivity contribution in [2.24, 2.45) is 5.73 Å². The van der Waals surface area contributed by atoms with E-state index in [1.807, 2.05) is 11.6 Å². The first-order valence-electron chi connectivity index (χ1n) is 6.66. The van der Waals surface area contributed by atoms with Gasteiger partial charge in [-0.05, 0) is 25.0 Å². The average molecular weight is 274 g/mol. The van der Waals surface area contributed by atoms with Gasteiger partial charge in [-0.3, -0.25) is 10.1 Å². The van der Waals surface area contributed by atoms with Crippen LogP contribution >= 0.6 is 0 Å². The van der Waals surface area contributed by atoms with E-state index in [4.69, 9.17) is 5.73 Å². The topological polar surface area (TPSA) is 87.0 Å². The minimum atomic E-state index is -0.406. The molecule has 2 rings (SSSR count). The molecule has 106 valence electrons. The standard InChI is InChI=1S/C14H18N4O2/c1-3-13-12(9-15)14(4-2)17(16-13)10-5-7-11(8-6-10)18(19)20/h5-8H,3-4,9,15H2,1-2H3. The van der Waals surface area contributed by atoms with Crippen LogP contribution in [0.1, 0.15) is 30.8 Å². The Labute approximate surface area is 117 Å². The van der Waals surface area contributed by atoms with Gasteiger partial charge in [0, 0.05) is 29.9 Å². The normalized spacial score (nSPS) is 10.8. The second-order valence-corrected chi connectivity index (χ2v) is 4.47. The van der Waals surface area contributed by atoms with Crippen LogP contribution in [-0.2, 0) is 19.4 Å². The minimum absolute atomic E-state index is 0.0775. The number of hydrogen-bond acceptors (Lipinski definition) is 4. The monoisotopic (exact) mass is 274 g/mol. The fourth-order valence-electron chi connectivity index (χ4n) is 2.35. The van der Waals surface area contributed by atoms with Crippen LogP contribution in [0.25, 0.3) is 5.69 Å². The van der Waals surface area contributed by atoms with E-state index in [9.17, 15) is 10.1 Å². The number of rotatable bonds is 5. The molecule has 1 aromatic heterocycles. The molecule has 0 spiro atoms. The van der Waals surface area contributed by atoms with Crippen molar-refractivity contribution in [2.45, 2.75) is 33.2 Å². The summed E-state index contributed by atoms with van der Waals surface area (Å²) in [6, 6.07) is 6.41. The molecule has 0 radical (unpaired) electrons. The number of hydrogen-bond donors (Lipinski definition) is 1. The molecule has 0 aliphatic carbocycles. The number of nitrogens with zero attached hydrogens (tertiary/aromatic N) is 3. The first-order valence-corrected chi connectivity index (χ1v) is 6.66. The van der Waals surface area contributed by atoms with Crippen LogP contribution in [-0.4, -0.2) is 14.7 Å². The molecule has 0 saturated heterocycles. The van der Waals surface area contributed by atoms with Crippen LogP contribution in [0.5, 0.6) is 0 Å². The molecule has 6 heteroatoms. The molecule has 0 aliphatic rings. The molecular weight excluding hydrogens is 256 g/mol. The Hall–Kier alpha value is -2.21. The van der Waals surface area contributed by atoms with E-state index < -0.39 is 4.92 Å². The van der Waals surface area contributed by atoms with Crippen LogP contribution in [0.4, 0.5) is 5.69 Å². The first-order chi connectivity index (χ1) is 9.62. The zero-order valence-corrected chi connectivity index (χ0v) is 11.7. The maximum Gasteiger partial charge on any atom is 0.269 e. The second kappa shape index (κ2) is 5.83. The van der Waals surface area contributed by atoms with Crippen molar-refractivity contribution < 1.29 is 4.92 Å². The fraction of sp³-hybridized carbons (Fsp3) is 0.357. The van der Waals surface area contributed by atoms with Crippen molar-refractivity contribution in [3.63, 3.8) is 0 Å². The number of aromatic nitrogens is 2. The van der Waals surface area contributed by atoms with Crippen molar-refractivity contribution in [1.82, 2.24) is 9.78 Å². The highest BCUT2D eigenvalue weighted by Gasteiger charge is 2.15. The van der Waals surface area contributed by atoms with Crippen LogP contribution in [0.2, 0.25) is 0 Å². The number of nitrogens with two attached hydrogens (primary N) is 1. The van der Waals surface area contributed by atoms with Crippen molar-refractivity contribution in [3.8, 4) is 5.69 Å². The van der Waals surface area contributed by atoms with Gasteiger partial charge in [-0.15, -0.1) is 0 Å². The largest absolute Gasteiger partial charge is 0.326 e. The Morgan fingerprint density at radius 2 is 1.90 bits per heavy atom. The quantitative estimate of drug-likeness (QED) is 0.669. The predicted octanol–water partition coefficient (Wildman–Crippen LogP) is 2.36. The van der Waals surface area contributed by atoms with Gasteiger partial charge in [-0.1, -0.05) is 13.8 Å². The zero-order valence-electron chi connectivity index (χ0n) is 11.7. The lowest BCUT2D eigenvalue weighted by molar-refractivity contribution is -0.384. The van der Waals surface area contributed by atoms with Crippen LogP contribution in [0.3, 0.4) is 0 Å². The van der Waals surface area contributed by atoms with E-state index in [0.29, 0.717) is 6.54 Å². The van der Waals surface area contributed by atoms with Gasteiger partial charge in [-0.25, -0.2) is 4.68 Å². The SMILES string of the molecule is CCc1nn(-c2ccc([N+](=O)[O-])cc2)c(CC)c1CN. The Bertz CT molecular complexity index is 617. The molecule has 1 aromatic carbocycles. The Morgan fingerprint density at radius 3 is 2.35 bits per heavy atom. The zero-order chi connectivity index (χ0) is 14.7. The Kier molecular flexibility index (Phi) is 4.14. The summed E-state index contributed by atoms with van der Waals surface area (Å²) in [7, 11) is 0. The molecule has 0 amide bonds. The summed E-state index contributed by atoms with van der Waals surface area (Å²) in [5, 5.41) is 15.3. The van der Waals surface area contributed by atoms with E-state index in [2.05, 4.69) is 12.0 Å². The smallest absolute Gasteiger partial charge is 0.269 e. The minimum Gasteiger partial charge on any atom is -0.326 e. The summed E-state index contributed by atoms with van der Waals surface area (Å²) in [6.45, 7) is 4.55. The van der Waals surface area contributed by atoms with Gasteiger partial charge in [0.2, 0.25) is 0 Å². The van der Waals surface area contributed by atoms with E-state index in [-0.39, 0.29) is 5.69 Å². The third kappa shape index (κ3) is 2.42. The molecule has 20 heavy (non-hydrogen) atoms. The molecule has 1 heterocycles. The van der Waals surface area contributed by atoms with Gasteiger partial charge < -0.3 is 5.73 Å². The number of non-ortho nitro benzene ring substituents is 1. The highest BCUT2D eigenvalue weighted by atomic mass is 16.6. The second-order valence-electron chi connectivity index (χ2n) is 4.47. The number of benzene rings is 1. The van der Waals surface area contributed by atoms with Gasteiger partial charge in [0.25, 0.3) is 5.69 Å². The molecule has 6 nitrogen and oxygen atoms in total. The summed E-state index contributed by atoms with van der Waals surface area (Å²) >= 11 is 0. The van der Waals surface area contributed by atoms with Gasteiger partial charge in [0.15, 0.2) is 0 Å². The lowest BCUT2D eigenvalue weighted by Gasteiger charge is -2.06. The van der Waals surface area contributed by atoms with Crippen molar-refractivity contribution in [3.05, 3.63) is 51.3 Å². The molecule has 2 aromatic rings. The van der Waals surface area contributed by atoms with Crippen molar-refractivity contribution in [1.29, 1.82) is 0 Å². The van der Waals surface area contributed by atoms with Crippen molar-refractivity contribution in [2.75, 3.05) is 0 Å². The van der Waals surface area contributed by atoms with Crippen LogP contribution < -0.4 is 5.73 Å². The fourth-order valence-corrected chi connectivity index (χ4v) is 2.35. The molecular formula is C14H18N4O2. The molecule has 2 N–H and O–H groups in total. The summed E-state index contributed by atoms with van der Waals surface area (Å²) in [4.78, 5) is 10.3. The first kappa shape index (κ1) is 14.2. The van der Waals surface area contributed by atoms with Crippen LogP contribution in [0, 0.1) is 10.1 Å². The molecule has 0 bridgehead atoms. The lowest BCUT2D eigenvalue weighted by atomic mass is 10.1. The summed E-state index contributed by atoms with van der Waals surface area (Å²) < 4.78 is 1.84. The maximum absolute atomic E-state index is 10.7. The van der Waals surface area contributed by atoms with Gasteiger partial charge in [-0.2, -0.15) is 5.10 Å². The predicted molar refractivity (Wildman–Crippen MR) is 76.9 cm³/mol. The van der Waals surface area contributed by atoms with E-state index in [0.717, 1.165) is 35.5 Å². The van der Waals surface area contributed by atoms with E-state index in [1.165, 1.54) is 12.1 Å². The molecule has 0 aliphatic heterocycles. The summed E-state index contributed by atoms with van der Waals surface area (Å²) in [6.07, 6.45) is 1.63. The van der Waals surface area contributed by atoms with Gasteiger partial charge in [0.1, 0.15) is 0 Å². The number of aryl methyl sites for hydroxylation is 1. The Morgan fingerprint density at radius 1 is 1.25 bits per heavy atom. The van der Waals surface area contributed by atoms with E-state index >= 15 is 0 Å². The summed E-state index contributed by atoms with van der Waals surface area (Å²) in [5.41, 5.74) is 9.85. The highest BCUT2D eigenvalue weighted by molar-refractivity contribution is 5.43. The highest BCUT2D eigenvalue weighted by Crippen LogP contribution is 2.21. The van der Waals surface area contributed by atoms with Gasteiger partial charge in [0.05, 0.1) is 16.3 Å². The summed E-state index contributed by atoms with van der Waals surface area (Å²) in [5.74, 6) is 0. The Balaban J connectivity index is 2.51. The number of nitro groups is 1. The van der Waals surface area contributed by atoms with E-state index in [1.54, 1.807) is 12.1 Å². The molecule has 0 fully saturated rings. The van der Waals surface area contributed by atoms with Crippen molar-refractivity contribution >= 4 is 5.69 Å². The third-order valence-corrected chi connectivity index (χ3v) is 3.35. The maximum atomic E-state index is 10.7. The molecule has 0 saturated carbocycles. The lowest BCUT2D eigenvalue weighted by Crippen LogP contribution is -2.05. The molecule has 0 unspecified atom stereocenters.